The minimum atomic E-state index is -0.115. The Kier molecular flexibility index (Phi) is 7.10. The van der Waals surface area contributed by atoms with Crippen LogP contribution in [0.25, 0.3) is 0 Å². The third-order valence-corrected chi connectivity index (χ3v) is 4.24. The largest absolute Gasteiger partial charge is 0.493 e. The topological polar surface area (TPSA) is 104 Å². The van der Waals surface area contributed by atoms with Crippen LogP contribution in [0.4, 0.5) is 11.4 Å². The summed E-state index contributed by atoms with van der Waals surface area (Å²) in [6, 6.07) is 14.6. The zero-order valence-electron chi connectivity index (χ0n) is 17.8. The number of amides is 1. The lowest BCUT2D eigenvalue weighted by Gasteiger charge is -2.15. The highest BCUT2D eigenvalue weighted by molar-refractivity contribution is 5.88. The van der Waals surface area contributed by atoms with Gasteiger partial charge in [0.1, 0.15) is 0 Å². The quantitative estimate of drug-likeness (QED) is 0.534. The highest BCUT2D eigenvalue weighted by atomic mass is 16.5. The van der Waals surface area contributed by atoms with Crippen LogP contribution < -0.4 is 29.6 Å². The van der Waals surface area contributed by atoms with Crippen LogP contribution in [0.1, 0.15) is 12.5 Å². The van der Waals surface area contributed by atoms with E-state index >= 15 is 0 Å². The smallest absolute Gasteiger partial charge is 0.328 e. The molecule has 2 aromatic carbocycles. The molecule has 31 heavy (non-hydrogen) atoms. The molecule has 3 rings (SSSR count). The van der Waals surface area contributed by atoms with E-state index in [1.165, 1.54) is 21.1 Å². The molecule has 0 radical (unpaired) electrons. The van der Waals surface area contributed by atoms with E-state index < -0.39 is 0 Å². The van der Waals surface area contributed by atoms with Gasteiger partial charge < -0.3 is 29.6 Å². The molecule has 3 aromatic rings. The van der Waals surface area contributed by atoms with Crippen LogP contribution in [0, 0.1) is 0 Å². The Morgan fingerprint density at radius 1 is 0.903 bits per heavy atom. The number of nitrogens with zero attached hydrogens (tertiary/aromatic N) is 2. The zero-order valence-corrected chi connectivity index (χ0v) is 17.8. The van der Waals surface area contributed by atoms with Crippen LogP contribution in [0.2, 0.25) is 0 Å². The van der Waals surface area contributed by atoms with E-state index in [9.17, 15) is 4.79 Å². The molecule has 0 saturated heterocycles. The number of nitrogens with one attached hydrogen (secondary N) is 2. The Morgan fingerprint density at radius 3 is 2.13 bits per heavy atom. The number of hydrogen-bond donors (Lipinski definition) is 2. The van der Waals surface area contributed by atoms with Crippen molar-refractivity contribution in [1.29, 1.82) is 0 Å². The molecular formula is C22H24N4O5. The molecule has 1 aromatic heterocycles. The summed E-state index contributed by atoms with van der Waals surface area (Å²) in [7, 11) is 4.57. The Morgan fingerprint density at radius 2 is 1.55 bits per heavy atom. The second-order valence-electron chi connectivity index (χ2n) is 6.40. The third kappa shape index (κ3) is 5.75. The van der Waals surface area contributed by atoms with Gasteiger partial charge in [0, 0.05) is 30.4 Å². The molecule has 0 aliphatic carbocycles. The van der Waals surface area contributed by atoms with Crippen molar-refractivity contribution in [1.82, 2.24) is 9.97 Å². The second kappa shape index (κ2) is 10.1. The predicted octanol–water partition coefficient (Wildman–Crippen LogP) is 3.87. The van der Waals surface area contributed by atoms with Crippen molar-refractivity contribution in [2.75, 3.05) is 32.0 Å². The molecule has 0 aliphatic rings. The summed E-state index contributed by atoms with van der Waals surface area (Å²) in [6.07, 6.45) is 0. The highest BCUT2D eigenvalue weighted by Crippen LogP contribution is 2.35. The number of ether oxygens (including phenoxy) is 4. The molecule has 0 unspecified atom stereocenters. The minimum absolute atomic E-state index is 0.0709. The number of hydrogen-bond acceptors (Lipinski definition) is 8. The number of carbonyl (C=O) groups excluding carboxylic acids is 1. The molecule has 0 bridgehead atoms. The summed E-state index contributed by atoms with van der Waals surface area (Å²) in [6.45, 7) is 1.92. The standard InChI is InChI=1S/C22H24N4O5/c1-14(27)24-17-10-8-16(9-11-17)23-13-15-6-5-7-18(28-2)21(15)31-22-25-19(29-3)12-20(26-22)30-4/h5-12,23H,13H2,1-4H3,(H,24,27). The summed E-state index contributed by atoms with van der Waals surface area (Å²) < 4.78 is 21.8. The summed E-state index contributed by atoms with van der Waals surface area (Å²) in [5.74, 6) is 1.52. The Hall–Kier alpha value is -4.01. The van der Waals surface area contributed by atoms with Crippen molar-refractivity contribution in [2.45, 2.75) is 13.5 Å². The number of methoxy groups -OCH3 is 3. The van der Waals surface area contributed by atoms with E-state index in [1.807, 2.05) is 36.4 Å². The first-order valence-corrected chi connectivity index (χ1v) is 9.44. The summed E-state index contributed by atoms with van der Waals surface area (Å²) in [4.78, 5) is 19.6. The first-order valence-electron chi connectivity index (χ1n) is 9.44. The molecule has 162 valence electrons. The van der Waals surface area contributed by atoms with Gasteiger partial charge in [0.15, 0.2) is 11.5 Å². The number of para-hydroxylation sites is 1. The van der Waals surface area contributed by atoms with Crippen molar-refractivity contribution in [2.24, 2.45) is 0 Å². The first kappa shape index (κ1) is 21.7. The van der Waals surface area contributed by atoms with Gasteiger partial charge in [-0.15, -0.1) is 0 Å². The fraction of sp³-hybridized carbons (Fsp3) is 0.227. The van der Waals surface area contributed by atoms with Gasteiger partial charge in [-0.05, 0) is 30.3 Å². The van der Waals surface area contributed by atoms with Crippen molar-refractivity contribution in [3.63, 3.8) is 0 Å². The Bertz CT molecular complexity index is 1020. The average molecular weight is 424 g/mol. The van der Waals surface area contributed by atoms with E-state index in [0.717, 1.165) is 16.9 Å². The lowest BCUT2D eigenvalue weighted by atomic mass is 10.1. The van der Waals surface area contributed by atoms with Crippen molar-refractivity contribution in [3.8, 4) is 29.3 Å². The van der Waals surface area contributed by atoms with Crippen LogP contribution in [0.15, 0.2) is 48.5 Å². The van der Waals surface area contributed by atoms with Crippen LogP contribution in [-0.4, -0.2) is 37.2 Å². The van der Waals surface area contributed by atoms with Crippen LogP contribution in [-0.2, 0) is 11.3 Å². The van der Waals surface area contributed by atoms with Crippen LogP contribution in [0.3, 0.4) is 0 Å². The molecule has 1 amide bonds. The summed E-state index contributed by atoms with van der Waals surface area (Å²) >= 11 is 0. The maximum atomic E-state index is 11.2. The average Bonchev–Trinajstić information content (AvgIpc) is 2.78. The molecule has 2 N–H and O–H groups in total. The number of carbonyl (C=O) groups is 1. The maximum absolute atomic E-state index is 11.2. The molecule has 9 nitrogen and oxygen atoms in total. The predicted molar refractivity (Wildman–Crippen MR) is 116 cm³/mol. The molecule has 0 fully saturated rings. The monoisotopic (exact) mass is 424 g/mol. The van der Waals surface area contributed by atoms with Gasteiger partial charge >= 0.3 is 6.01 Å². The van der Waals surface area contributed by atoms with Gasteiger partial charge in [0.05, 0.1) is 27.4 Å². The van der Waals surface area contributed by atoms with Gasteiger partial charge in [0.2, 0.25) is 17.7 Å². The zero-order chi connectivity index (χ0) is 22.2. The molecule has 0 aliphatic heterocycles. The van der Waals surface area contributed by atoms with Gasteiger partial charge in [-0.2, -0.15) is 9.97 Å². The maximum Gasteiger partial charge on any atom is 0.328 e. The fourth-order valence-electron chi connectivity index (χ4n) is 2.78. The molecule has 0 spiro atoms. The van der Waals surface area contributed by atoms with Gasteiger partial charge in [0.25, 0.3) is 0 Å². The molecule has 0 atom stereocenters. The van der Waals surface area contributed by atoms with E-state index in [2.05, 4.69) is 20.6 Å². The number of aromatic nitrogens is 2. The van der Waals surface area contributed by atoms with Gasteiger partial charge in [-0.3, -0.25) is 4.79 Å². The van der Waals surface area contributed by atoms with E-state index in [4.69, 9.17) is 18.9 Å². The van der Waals surface area contributed by atoms with Crippen molar-refractivity contribution in [3.05, 3.63) is 54.1 Å². The number of anilines is 2. The van der Waals surface area contributed by atoms with Crippen molar-refractivity contribution < 1.29 is 23.7 Å². The number of rotatable bonds is 9. The molecule has 9 heteroatoms. The Balaban J connectivity index is 1.81. The molecule has 1 heterocycles. The highest BCUT2D eigenvalue weighted by Gasteiger charge is 2.15. The summed E-state index contributed by atoms with van der Waals surface area (Å²) in [5.41, 5.74) is 2.44. The van der Waals surface area contributed by atoms with E-state index in [-0.39, 0.29) is 11.9 Å². The van der Waals surface area contributed by atoms with E-state index in [0.29, 0.717) is 29.8 Å². The lowest BCUT2D eigenvalue weighted by molar-refractivity contribution is -0.114. The molecule has 0 saturated carbocycles. The first-order chi connectivity index (χ1) is 15.0. The van der Waals surface area contributed by atoms with E-state index in [1.54, 1.807) is 19.2 Å². The van der Waals surface area contributed by atoms with Gasteiger partial charge in [-0.1, -0.05) is 12.1 Å². The third-order valence-electron chi connectivity index (χ3n) is 4.24. The van der Waals surface area contributed by atoms with Gasteiger partial charge in [-0.25, -0.2) is 0 Å². The normalized spacial score (nSPS) is 10.2. The number of benzene rings is 2. The summed E-state index contributed by atoms with van der Waals surface area (Å²) in [5, 5.41) is 6.06. The fourth-order valence-corrected chi connectivity index (χ4v) is 2.78. The second-order valence-corrected chi connectivity index (χ2v) is 6.40. The minimum Gasteiger partial charge on any atom is -0.493 e. The lowest BCUT2D eigenvalue weighted by Crippen LogP contribution is -2.06. The van der Waals surface area contributed by atoms with Crippen LogP contribution in [0.5, 0.6) is 29.3 Å². The SMILES string of the molecule is COc1cc(OC)nc(Oc2c(CNc3ccc(NC(C)=O)cc3)cccc2OC)n1. The van der Waals surface area contributed by atoms with Crippen LogP contribution >= 0.6 is 0 Å². The molecular weight excluding hydrogens is 400 g/mol. The Labute approximate surface area is 180 Å². The van der Waals surface area contributed by atoms with Crippen molar-refractivity contribution >= 4 is 17.3 Å².